The fraction of sp³-hybridized carbons (Fsp3) is 0.172. The second kappa shape index (κ2) is 10.3. The van der Waals surface area contributed by atoms with E-state index < -0.39 is 40.6 Å². The van der Waals surface area contributed by atoms with E-state index in [0.717, 1.165) is 33.6 Å². The number of benzene rings is 3. The molecule has 3 heterocycles. The fourth-order valence-corrected chi connectivity index (χ4v) is 8.10. The molecular formula is C29H21ClFN3O4S2. The van der Waals surface area contributed by atoms with Crippen LogP contribution < -0.4 is 15.1 Å². The summed E-state index contributed by atoms with van der Waals surface area (Å²) in [4.78, 5) is 55.1. The lowest BCUT2D eigenvalue weighted by molar-refractivity contribution is -0.122. The molecule has 202 valence electrons. The van der Waals surface area contributed by atoms with E-state index in [1.165, 1.54) is 16.7 Å². The Bertz CT molecular complexity index is 1720. The molecule has 11 heteroatoms. The summed E-state index contributed by atoms with van der Waals surface area (Å²) in [6, 6.07) is 19.4. The van der Waals surface area contributed by atoms with Gasteiger partial charge >= 0.3 is 4.87 Å². The quantitative estimate of drug-likeness (QED) is 0.311. The van der Waals surface area contributed by atoms with Gasteiger partial charge in [-0.1, -0.05) is 59.0 Å². The van der Waals surface area contributed by atoms with Crippen LogP contribution in [-0.2, 0) is 20.9 Å². The number of amides is 3. The van der Waals surface area contributed by atoms with Gasteiger partial charge in [-0.2, -0.15) is 0 Å². The first-order valence-corrected chi connectivity index (χ1v) is 14.4. The number of hydrogen-bond donors (Lipinski definition) is 1. The number of hydrogen-bond acceptors (Lipinski definition) is 6. The van der Waals surface area contributed by atoms with E-state index in [-0.39, 0.29) is 11.4 Å². The van der Waals surface area contributed by atoms with Crippen molar-refractivity contribution in [2.24, 2.45) is 5.92 Å². The number of imide groups is 1. The molecule has 0 aliphatic carbocycles. The Morgan fingerprint density at radius 2 is 1.73 bits per heavy atom. The molecule has 0 radical (unpaired) electrons. The maximum Gasteiger partial charge on any atom is 0.308 e. The molecule has 3 atom stereocenters. The first-order valence-electron chi connectivity index (χ1n) is 12.4. The Labute approximate surface area is 241 Å². The molecular weight excluding hydrogens is 573 g/mol. The summed E-state index contributed by atoms with van der Waals surface area (Å²) in [5.41, 5.74) is 2.58. The number of rotatable bonds is 5. The predicted octanol–water partition coefficient (Wildman–Crippen LogP) is 5.45. The van der Waals surface area contributed by atoms with Crippen molar-refractivity contribution in [2.75, 3.05) is 10.2 Å². The number of thioether (sulfide) groups is 1. The molecule has 2 aliphatic rings. The minimum atomic E-state index is -0.842. The zero-order valence-corrected chi connectivity index (χ0v) is 23.4. The largest absolute Gasteiger partial charge is 0.325 e. The molecule has 4 aromatic rings. The third-order valence-electron chi connectivity index (χ3n) is 6.97. The monoisotopic (exact) mass is 593 g/mol. The highest BCUT2D eigenvalue weighted by atomic mass is 35.5. The number of anilines is 2. The third kappa shape index (κ3) is 4.66. The smallest absolute Gasteiger partial charge is 0.308 e. The van der Waals surface area contributed by atoms with E-state index in [1.807, 2.05) is 25.1 Å². The minimum absolute atomic E-state index is 0.262. The number of aromatic nitrogens is 1. The van der Waals surface area contributed by atoms with Gasteiger partial charge in [-0.25, -0.2) is 9.29 Å². The molecule has 7 nitrogen and oxygen atoms in total. The van der Waals surface area contributed by atoms with Gasteiger partial charge in [0.1, 0.15) is 17.6 Å². The second-order valence-electron chi connectivity index (χ2n) is 9.62. The van der Waals surface area contributed by atoms with Crippen LogP contribution in [0.2, 0.25) is 5.02 Å². The highest BCUT2D eigenvalue weighted by Crippen LogP contribution is 2.53. The van der Waals surface area contributed by atoms with Crippen molar-refractivity contribution in [3.63, 3.8) is 0 Å². The van der Waals surface area contributed by atoms with E-state index >= 15 is 0 Å². The number of nitrogens with one attached hydrogen (secondary N) is 1. The van der Waals surface area contributed by atoms with Gasteiger partial charge in [0.15, 0.2) is 0 Å². The number of carbonyl (C=O) groups excluding carboxylic acids is 3. The predicted molar refractivity (Wildman–Crippen MR) is 154 cm³/mol. The highest BCUT2D eigenvalue weighted by molar-refractivity contribution is 8.00. The van der Waals surface area contributed by atoms with Gasteiger partial charge in [-0.05, 0) is 66.6 Å². The Hall–Kier alpha value is -3.73. The van der Waals surface area contributed by atoms with Gasteiger partial charge in [0.25, 0.3) is 0 Å². The highest BCUT2D eigenvalue weighted by Gasteiger charge is 2.56. The van der Waals surface area contributed by atoms with Gasteiger partial charge in [0, 0.05) is 21.5 Å². The maximum absolute atomic E-state index is 13.8. The number of carbonyl (C=O) groups is 3. The van der Waals surface area contributed by atoms with E-state index in [9.17, 15) is 23.6 Å². The van der Waals surface area contributed by atoms with Crippen molar-refractivity contribution in [1.82, 2.24) is 4.57 Å². The number of aryl methyl sites for hydroxylation is 1. The normalized spacial score (nSPS) is 19.9. The molecule has 1 saturated heterocycles. The van der Waals surface area contributed by atoms with Crippen LogP contribution in [0.15, 0.2) is 82.6 Å². The average molecular weight is 594 g/mol. The number of thiazole rings is 1. The molecule has 0 unspecified atom stereocenters. The number of fused-ring (bicyclic) bond motifs is 2. The van der Waals surface area contributed by atoms with E-state index in [2.05, 4.69) is 5.32 Å². The number of nitrogens with zero attached hydrogens (tertiary/aromatic N) is 2. The average Bonchev–Trinajstić information content (AvgIpc) is 3.36. The molecule has 6 rings (SSSR count). The Morgan fingerprint density at radius 1 is 1.00 bits per heavy atom. The fourth-order valence-electron chi connectivity index (χ4n) is 5.20. The summed E-state index contributed by atoms with van der Waals surface area (Å²) < 4.78 is 15.2. The molecule has 1 aromatic heterocycles. The van der Waals surface area contributed by atoms with Crippen molar-refractivity contribution in [2.45, 2.75) is 29.7 Å². The standard InChI is InChI=1S/C29H21ClFN3O4S2/c1-15-3-2-4-19(13-15)32-21(35)14-33-28-25(40-29(33)38)22(16-5-9-18(31)10-6-16)23-24(39-28)27(37)34(26(23)36)20-11-7-17(30)8-12-20/h2-13,22-24H,14H2,1H3,(H,32,35)/t22-,23-,24+/m0/s1. The first-order chi connectivity index (χ1) is 19.2. The van der Waals surface area contributed by atoms with Gasteiger partial charge < -0.3 is 5.32 Å². The van der Waals surface area contributed by atoms with Gasteiger partial charge in [-0.15, -0.1) is 0 Å². The summed E-state index contributed by atoms with van der Waals surface area (Å²) in [7, 11) is 0. The van der Waals surface area contributed by atoms with Crippen molar-refractivity contribution in [3.8, 4) is 0 Å². The van der Waals surface area contributed by atoms with Crippen LogP contribution in [0.25, 0.3) is 0 Å². The molecule has 1 N–H and O–H groups in total. The summed E-state index contributed by atoms with van der Waals surface area (Å²) in [5.74, 6) is -3.16. The van der Waals surface area contributed by atoms with Crippen LogP contribution in [0.5, 0.6) is 0 Å². The Kier molecular flexibility index (Phi) is 6.85. The van der Waals surface area contributed by atoms with Crippen LogP contribution in [0.1, 0.15) is 21.9 Å². The summed E-state index contributed by atoms with van der Waals surface area (Å²) in [6.07, 6.45) is 0. The SMILES string of the molecule is Cc1cccc(NC(=O)Cn2c3c(sc2=O)[C@@H](c2ccc(F)cc2)[C@@H]2C(=O)N(c4ccc(Cl)cc4)C(=O)[C@@H]2S3)c1. The van der Waals surface area contributed by atoms with Crippen molar-refractivity contribution >= 4 is 63.8 Å². The topological polar surface area (TPSA) is 88.5 Å². The van der Waals surface area contributed by atoms with E-state index in [4.69, 9.17) is 11.6 Å². The molecule has 3 amide bonds. The minimum Gasteiger partial charge on any atom is -0.325 e. The Morgan fingerprint density at radius 3 is 2.42 bits per heavy atom. The van der Waals surface area contributed by atoms with Crippen LogP contribution in [0.3, 0.4) is 0 Å². The zero-order chi connectivity index (χ0) is 28.1. The van der Waals surface area contributed by atoms with Gasteiger partial charge in [-0.3, -0.25) is 23.7 Å². The molecule has 1 fully saturated rings. The van der Waals surface area contributed by atoms with Crippen LogP contribution in [0.4, 0.5) is 15.8 Å². The van der Waals surface area contributed by atoms with Gasteiger partial charge in [0.05, 0.1) is 16.6 Å². The molecule has 3 aromatic carbocycles. The molecule has 2 aliphatic heterocycles. The summed E-state index contributed by atoms with van der Waals surface area (Å²) >= 11 is 8.08. The molecule has 0 spiro atoms. The maximum atomic E-state index is 13.8. The van der Waals surface area contributed by atoms with Crippen LogP contribution in [-0.4, -0.2) is 27.5 Å². The number of halogens is 2. The molecule has 0 bridgehead atoms. The van der Waals surface area contributed by atoms with Crippen molar-refractivity contribution in [3.05, 3.63) is 109 Å². The lowest BCUT2D eigenvalue weighted by Crippen LogP contribution is -2.33. The first kappa shape index (κ1) is 26.5. The summed E-state index contributed by atoms with van der Waals surface area (Å²) in [5, 5.41) is 2.90. The van der Waals surface area contributed by atoms with Gasteiger partial charge in [0.2, 0.25) is 17.7 Å². The summed E-state index contributed by atoms with van der Waals surface area (Å²) in [6.45, 7) is 1.65. The van der Waals surface area contributed by atoms with Crippen molar-refractivity contribution < 1.29 is 18.8 Å². The zero-order valence-electron chi connectivity index (χ0n) is 21.0. The van der Waals surface area contributed by atoms with E-state index in [1.54, 1.807) is 42.5 Å². The van der Waals surface area contributed by atoms with E-state index in [0.29, 0.717) is 31.9 Å². The molecule has 40 heavy (non-hydrogen) atoms. The molecule has 0 saturated carbocycles. The van der Waals surface area contributed by atoms with Crippen LogP contribution >= 0.6 is 34.7 Å². The lowest BCUT2D eigenvalue weighted by Gasteiger charge is -2.30. The van der Waals surface area contributed by atoms with Crippen molar-refractivity contribution in [1.29, 1.82) is 0 Å². The second-order valence-corrected chi connectivity index (χ2v) is 12.2. The lowest BCUT2D eigenvalue weighted by atomic mass is 9.83. The third-order valence-corrected chi connectivity index (χ3v) is 9.82. The Balaban J connectivity index is 1.41. The van der Waals surface area contributed by atoms with Crippen LogP contribution in [0, 0.1) is 18.7 Å².